The van der Waals surface area contributed by atoms with Gasteiger partial charge in [0.25, 0.3) is 0 Å². The van der Waals surface area contributed by atoms with Crippen molar-refractivity contribution in [1.29, 1.82) is 0 Å². The van der Waals surface area contributed by atoms with Crippen molar-refractivity contribution in [2.45, 2.75) is 0 Å². The van der Waals surface area contributed by atoms with Crippen LogP contribution in [-0.2, 0) is 0 Å². The minimum absolute atomic E-state index is 0.287. The third kappa shape index (κ3) is 2.62. The zero-order valence-electron chi connectivity index (χ0n) is 9.80. The van der Waals surface area contributed by atoms with E-state index in [1.165, 1.54) is 12.1 Å². The molecule has 0 fully saturated rings. The lowest BCUT2D eigenvalue weighted by molar-refractivity contribution is 0.628. The number of benzene rings is 1. The maximum atomic E-state index is 13.2. The lowest BCUT2D eigenvalue weighted by atomic mass is 10.2. The summed E-state index contributed by atoms with van der Waals surface area (Å²) in [6.45, 7) is 0. The molecule has 2 aromatic rings. The molecule has 0 unspecified atom stereocenters. The second-order valence-corrected chi connectivity index (χ2v) is 4.25. The maximum absolute atomic E-state index is 13.2. The quantitative estimate of drug-likeness (QED) is 0.862. The molecule has 92 valence electrons. The highest BCUT2D eigenvalue weighted by atomic mass is 32.1. The Hall–Kier alpha value is -2.01. The van der Waals surface area contributed by atoms with E-state index in [2.05, 4.69) is 4.98 Å². The van der Waals surface area contributed by atoms with Gasteiger partial charge in [-0.05, 0) is 30.3 Å². The third-order valence-corrected chi connectivity index (χ3v) is 2.80. The fourth-order valence-electron chi connectivity index (χ4n) is 1.57. The zero-order valence-corrected chi connectivity index (χ0v) is 10.6. The molecule has 0 aliphatic carbocycles. The first-order valence-electron chi connectivity index (χ1n) is 5.33. The second-order valence-electron chi connectivity index (χ2n) is 3.81. The molecule has 0 saturated carbocycles. The molecule has 1 aromatic heterocycles. The van der Waals surface area contributed by atoms with E-state index in [1.54, 1.807) is 42.4 Å². The predicted octanol–water partition coefficient (Wildman–Crippen LogP) is 2.62. The van der Waals surface area contributed by atoms with Crippen LogP contribution in [0.25, 0.3) is 0 Å². The zero-order chi connectivity index (χ0) is 13.1. The summed E-state index contributed by atoms with van der Waals surface area (Å²) in [5.74, 6) is 0.371. The van der Waals surface area contributed by atoms with Crippen molar-refractivity contribution in [2.75, 3.05) is 11.9 Å². The highest BCUT2D eigenvalue weighted by Gasteiger charge is 2.07. The Labute approximate surface area is 110 Å². The molecule has 0 amide bonds. The molecule has 3 nitrogen and oxygen atoms in total. The number of hydrogen-bond acceptors (Lipinski definition) is 3. The molecule has 0 aliphatic heterocycles. The van der Waals surface area contributed by atoms with Gasteiger partial charge in [-0.15, -0.1) is 0 Å². The number of hydrogen-bond donors (Lipinski definition) is 1. The largest absolute Gasteiger partial charge is 0.389 e. The Morgan fingerprint density at radius 1 is 1.33 bits per heavy atom. The van der Waals surface area contributed by atoms with Gasteiger partial charge >= 0.3 is 0 Å². The van der Waals surface area contributed by atoms with E-state index in [0.29, 0.717) is 16.5 Å². The minimum Gasteiger partial charge on any atom is -0.389 e. The van der Waals surface area contributed by atoms with Gasteiger partial charge < -0.3 is 10.6 Å². The van der Waals surface area contributed by atoms with Crippen LogP contribution in [0.3, 0.4) is 0 Å². The molecule has 0 radical (unpaired) electrons. The van der Waals surface area contributed by atoms with E-state index < -0.39 is 0 Å². The summed E-state index contributed by atoms with van der Waals surface area (Å²) in [5, 5.41) is 0. The fourth-order valence-corrected chi connectivity index (χ4v) is 1.70. The molecule has 0 spiro atoms. The molecule has 1 aromatic carbocycles. The van der Waals surface area contributed by atoms with Crippen LogP contribution in [0.1, 0.15) is 5.56 Å². The summed E-state index contributed by atoms with van der Waals surface area (Å²) >= 11 is 4.92. The van der Waals surface area contributed by atoms with Crippen molar-refractivity contribution in [3.63, 3.8) is 0 Å². The van der Waals surface area contributed by atoms with Gasteiger partial charge in [0.05, 0.1) is 0 Å². The summed E-state index contributed by atoms with van der Waals surface area (Å²) in [5.41, 5.74) is 7.02. The van der Waals surface area contributed by atoms with Crippen LogP contribution in [0.4, 0.5) is 15.9 Å². The van der Waals surface area contributed by atoms with Crippen LogP contribution in [0, 0.1) is 5.82 Å². The van der Waals surface area contributed by atoms with Crippen molar-refractivity contribution in [3.05, 3.63) is 54.0 Å². The molecule has 5 heteroatoms. The van der Waals surface area contributed by atoms with Gasteiger partial charge in [0.15, 0.2) is 0 Å². The smallest absolute Gasteiger partial charge is 0.133 e. The Morgan fingerprint density at radius 2 is 2.11 bits per heavy atom. The first-order chi connectivity index (χ1) is 8.58. The van der Waals surface area contributed by atoms with E-state index >= 15 is 0 Å². The number of pyridine rings is 1. The lowest BCUT2D eigenvalue weighted by Crippen LogP contribution is -2.14. The Bertz CT molecular complexity index is 586. The summed E-state index contributed by atoms with van der Waals surface area (Å²) in [7, 11) is 1.81. The molecule has 0 saturated heterocycles. The van der Waals surface area contributed by atoms with E-state index in [4.69, 9.17) is 18.0 Å². The lowest BCUT2D eigenvalue weighted by Gasteiger charge is -2.18. The number of thiocarbonyl (C=S) groups is 1. The normalized spacial score (nSPS) is 10.1. The molecular formula is C13H12FN3S. The molecular weight excluding hydrogens is 249 g/mol. The van der Waals surface area contributed by atoms with Crippen LogP contribution in [0.2, 0.25) is 0 Å². The Kier molecular flexibility index (Phi) is 3.53. The standard InChI is InChI=1S/C13H12FN3S/c1-17(11-4-2-3-10(14)8-11)12-7-9(13(15)18)5-6-16-12/h2-8H,1H3,(H2,15,18). The van der Waals surface area contributed by atoms with Crippen LogP contribution in [-0.4, -0.2) is 17.0 Å². The van der Waals surface area contributed by atoms with Gasteiger partial charge in [0.2, 0.25) is 0 Å². The van der Waals surface area contributed by atoms with E-state index in [1.807, 2.05) is 0 Å². The SMILES string of the molecule is CN(c1cccc(F)c1)c1cc(C(N)=S)ccn1. The number of halogens is 1. The van der Waals surface area contributed by atoms with Crippen LogP contribution < -0.4 is 10.6 Å². The second kappa shape index (κ2) is 5.10. The third-order valence-electron chi connectivity index (χ3n) is 2.57. The number of rotatable bonds is 3. The van der Waals surface area contributed by atoms with Crippen molar-refractivity contribution in [3.8, 4) is 0 Å². The molecule has 0 bridgehead atoms. The summed E-state index contributed by atoms with van der Waals surface area (Å²) < 4.78 is 13.2. The first kappa shape index (κ1) is 12.4. The summed E-state index contributed by atoms with van der Waals surface area (Å²) in [6, 6.07) is 9.81. The molecule has 18 heavy (non-hydrogen) atoms. The van der Waals surface area contributed by atoms with Crippen molar-refractivity contribution < 1.29 is 4.39 Å². The van der Waals surface area contributed by atoms with Gasteiger partial charge in [-0.25, -0.2) is 9.37 Å². The number of nitrogens with two attached hydrogens (primary N) is 1. The average Bonchev–Trinajstić information content (AvgIpc) is 2.38. The van der Waals surface area contributed by atoms with Crippen molar-refractivity contribution in [1.82, 2.24) is 4.98 Å². The molecule has 1 heterocycles. The van der Waals surface area contributed by atoms with Gasteiger partial charge in [0.1, 0.15) is 16.6 Å². The number of aromatic nitrogens is 1. The molecule has 2 N–H and O–H groups in total. The Balaban J connectivity index is 2.36. The van der Waals surface area contributed by atoms with E-state index in [9.17, 15) is 4.39 Å². The predicted molar refractivity (Wildman–Crippen MR) is 74.6 cm³/mol. The number of nitrogens with zero attached hydrogens (tertiary/aromatic N) is 2. The van der Waals surface area contributed by atoms with Gasteiger partial charge in [0, 0.05) is 24.5 Å². The Morgan fingerprint density at radius 3 is 2.78 bits per heavy atom. The highest BCUT2D eigenvalue weighted by molar-refractivity contribution is 7.80. The maximum Gasteiger partial charge on any atom is 0.133 e. The summed E-state index contributed by atoms with van der Waals surface area (Å²) in [6.07, 6.45) is 1.62. The van der Waals surface area contributed by atoms with Gasteiger partial charge in [-0.1, -0.05) is 18.3 Å². The average molecular weight is 261 g/mol. The molecule has 2 rings (SSSR count). The number of anilines is 2. The fraction of sp³-hybridized carbons (Fsp3) is 0.0769. The topological polar surface area (TPSA) is 42.1 Å². The summed E-state index contributed by atoms with van der Waals surface area (Å²) in [4.78, 5) is 6.30. The minimum atomic E-state index is -0.287. The monoisotopic (exact) mass is 261 g/mol. The van der Waals surface area contributed by atoms with Crippen molar-refractivity contribution in [2.24, 2.45) is 5.73 Å². The van der Waals surface area contributed by atoms with Gasteiger partial charge in [-0.3, -0.25) is 0 Å². The molecule has 0 aliphatic rings. The van der Waals surface area contributed by atoms with Crippen LogP contribution in [0.5, 0.6) is 0 Å². The molecule has 0 atom stereocenters. The van der Waals surface area contributed by atoms with E-state index in [-0.39, 0.29) is 5.82 Å². The van der Waals surface area contributed by atoms with Gasteiger partial charge in [-0.2, -0.15) is 0 Å². The highest BCUT2D eigenvalue weighted by Crippen LogP contribution is 2.22. The van der Waals surface area contributed by atoms with Crippen LogP contribution in [0.15, 0.2) is 42.6 Å². The van der Waals surface area contributed by atoms with E-state index in [0.717, 1.165) is 5.56 Å². The first-order valence-corrected chi connectivity index (χ1v) is 5.74. The van der Waals surface area contributed by atoms with Crippen LogP contribution >= 0.6 is 12.2 Å². The van der Waals surface area contributed by atoms with Crippen molar-refractivity contribution >= 4 is 28.7 Å².